The molecular weight excluding hydrogens is 328 g/mol. The SMILES string of the molecule is CN(C)c1ncc(NC(=O)N[C@H](Nc2ccccc2)C(=O)O)c(O)n1. The number of carboxylic acid groups (broad SMARTS) is 1. The van der Waals surface area contributed by atoms with E-state index in [-0.39, 0.29) is 11.6 Å². The summed E-state index contributed by atoms with van der Waals surface area (Å²) in [5, 5.41) is 26.2. The molecule has 0 radical (unpaired) electrons. The van der Waals surface area contributed by atoms with Crippen LogP contribution in [0.3, 0.4) is 0 Å². The minimum absolute atomic E-state index is 0.0491. The highest BCUT2D eigenvalue weighted by Crippen LogP contribution is 2.21. The summed E-state index contributed by atoms with van der Waals surface area (Å²) in [7, 11) is 3.39. The van der Waals surface area contributed by atoms with Gasteiger partial charge in [-0.1, -0.05) is 18.2 Å². The number of urea groups is 1. The number of nitrogens with one attached hydrogen (secondary N) is 3. The Labute approximate surface area is 143 Å². The van der Waals surface area contributed by atoms with Gasteiger partial charge in [-0.15, -0.1) is 0 Å². The van der Waals surface area contributed by atoms with E-state index in [1.807, 2.05) is 0 Å². The quantitative estimate of drug-likeness (QED) is 0.486. The Hall–Kier alpha value is -3.56. The van der Waals surface area contributed by atoms with Crippen molar-refractivity contribution in [1.82, 2.24) is 15.3 Å². The Morgan fingerprint density at radius 3 is 2.44 bits per heavy atom. The standard InChI is InChI=1S/C15H18N6O4/c1-21(2)14-16-8-10(12(22)20-14)18-15(25)19-11(13(23)24)17-9-6-4-3-5-7-9/h3-8,11,17H,1-2H3,(H,23,24)(H,16,20,22)(H2,18,19,25)/t11-/m0/s1. The average Bonchev–Trinajstić information content (AvgIpc) is 2.56. The molecule has 1 aromatic carbocycles. The van der Waals surface area contributed by atoms with Gasteiger partial charge in [0, 0.05) is 19.8 Å². The van der Waals surface area contributed by atoms with Gasteiger partial charge >= 0.3 is 12.0 Å². The van der Waals surface area contributed by atoms with E-state index in [4.69, 9.17) is 0 Å². The molecule has 1 aromatic heterocycles. The van der Waals surface area contributed by atoms with Crippen LogP contribution in [0.2, 0.25) is 0 Å². The fourth-order valence-corrected chi connectivity index (χ4v) is 1.82. The summed E-state index contributed by atoms with van der Waals surface area (Å²) in [5.74, 6) is -1.45. The summed E-state index contributed by atoms with van der Waals surface area (Å²) in [6.45, 7) is 0. The summed E-state index contributed by atoms with van der Waals surface area (Å²) < 4.78 is 0. The highest BCUT2D eigenvalue weighted by Gasteiger charge is 2.20. The zero-order valence-electron chi connectivity index (χ0n) is 13.6. The molecule has 0 aliphatic rings. The summed E-state index contributed by atoms with van der Waals surface area (Å²) >= 11 is 0. The van der Waals surface area contributed by atoms with Crippen molar-refractivity contribution >= 4 is 29.3 Å². The lowest BCUT2D eigenvalue weighted by molar-refractivity contribution is -0.138. The number of rotatable bonds is 6. The molecule has 0 bridgehead atoms. The average molecular weight is 346 g/mol. The smallest absolute Gasteiger partial charge is 0.347 e. The molecule has 0 spiro atoms. The van der Waals surface area contributed by atoms with Gasteiger partial charge in [-0.05, 0) is 12.1 Å². The predicted molar refractivity (Wildman–Crippen MR) is 91.7 cm³/mol. The van der Waals surface area contributed by atoms with Gasteiger partial charge in [0.05, 0.1) is 6.20 Å². The molecule has 0 aliphatic carbocycles. The summed E-state index contributed by atoms with van der Waals surface area (Å²) in [6, 6.07) is 7.71. The molecule has 0 fully saturated rings. The fraction of sp³-hybridized carbons (Fsp3) is 0.200. The van der Waals surface area contributed by atoms with Crippen LogP contribution in [0.15, 0.2) is 36.5 Å². The number of para-hydroxylation sites is 1. The number of anilines is 3. The Kier molecular flexibility index (Phi) is 5.56. The van der Waals surface area contributed by atoms with Crippen molar-refractivity contribution in [1.29, 1.82) is 0 Å². The Balaban J connectivity index is 2.03. The number of carboxylic acids is 1. The lowest BCUT2D eigenvalue weighted by Gasteiger charge is -2.18. The number of aromatic nitrogens is 2. The summed E-state index contributed by atoms with van der Waals surface area (Å²) in [6.07, 6.45) is -0.149. The Bertz CT molecular complexity index is 753. The third-order valence-electron chi connectivity index (χ3n) is 3.01. The second-order valence-corrected chi connectivity index (χ2v) is 5.18. The first-order valence-corrected chi connectivity index (χ1v) is 7.22. The maximum atomic E-state index is 12.0. The van der Waals surface area contributed by atoms with E-state index in [1.165, 1.54) is 6.20 Å². The molecule has 2 aromatic rings. The third-order valence-corrected chi connectivity index (χ3v) is 3.01. The van der Waals surface area contributed by atoms with Gasteiger partial charge in [0.25, 0.3) is 0 Å². The molecule has 0 aliphatic heterocycles. The number of hydrogen-bond acceptors (Lipinski definition) is 7. The second kappa shape index (κ2) is 7.81. The summed E-state index contributed by atoms with van der Waals surface area (Å²) in [4.78, 5) is 32.6. The number of amides is 2. The Morgan fingerprint density at radius 1 is 1.20 bits per heavy atom. The lowest BCUT2D eigenvalue weighted by Crippen LogP contribution is -2.47. The summed E-state index contributed by atoms with van der Waals surface area (Å²) in [5.41, 5.74) is 0.476. The molecule has 10 heteroatoms. The van der Waals surface area contributed by atoms with Gasteiger partial charge in [-0.25, -0.2) is 14.6 Å². The van der Waals surface area contributed by atoms with Crippen molar-refractivity contribution in [2.75, 3.05) is 29.6 Å². The van der Waals surface area contributed by atoms with Crippen LogP contribution in [-0.4, -0.2) is 52.4 Å². The van der Waals surface area contributed by atoms with E-state index in [9.17, 15) is 19.8 Å². The maximum absolute atomic E-state index is 12.0. The van der Waals surface area contributed by atoms with Crippen LogP contribution >= 0.6 is 0 Å². The van der Waals surface area contributed by atoms with Crippen molar-refractivity contribution in [3.8, 4) is 5.88 Å². The zero-order valence-corrected chi connectivity index (χ0v) is 13.6. The topological polar surface area (TPSA) is 140 Å². The molecule has 25 heavy (non-hydrogen) atoms. The number of benzene rings is 1. The van der Waals surface area contributed by atoms with Crippen LogP contribution in [0.4, 0.5) is 22.1 Å². The molecule has 2 amide bonds. The molecule has 1 atom stereocenters. The van der Waals surface area contributed by atoms with Crippen LogP contribution in [0.25, 0.3) is 0 Å². The molecule has 0 saturated heterocycles. The van der Waals surface area contributed by atoms with Gasteiger partial charge in [0.15, 0.2) is 0 Å². The minimum Gasteiger partial charge on any atom is -0.492 e. The van der Waals surface area contributed by atoms with Crippen LogP contribution in [0.1, 0.15) is 0 Å². The molecule has 0 saturated carbocycles. The van der Waals surface area contributed by atoms with Crippen molar-refractivity contribution in [2.24, 2.45) is 0 Å². The van der Waals surface area contributed by atoms with Crippen molar-refractivity contribution in [3.63, 3.8) is 0 Å². The number of nitrogens with zero attached hydrogens (tertiary/aromatic N) is 3. The first-order chi connectivity index (χ1) is 11.9. The van der Waals surface area contributed by atoms with Crippen molar-refractivity contribution < 1.29 is 19.8 Å². The van der Waals surface area contributed by atoms with E-state index in [1.54, 1.807) is 49.3 Å². The molecule has 5 N–H and O–H groups in total. The largest absolute Gasteiger partial charge is 0.492 e. The van der Waals surface area contributed by atoms with E-state index in [0.29, 0.717) is 5.69 Å². The number of aromatic hydroxyl groups is 1. The van der Waals surface area contributed by atoms with E-state index in [2.05, 4.69) is 25.9 Å². The van der Waals surface area contributed by atoms with Crippen LogP contribution < -0.4 is 20.9 Å². The zero-order chi connectivity index (χ0) is 18.4. The lowest BCUT2D eigenvalue weighted by atomic mass is 10.3. The third kappa shape index (κ3) is 4.96. The van der Waals surface area contributed by atoms with Crippen LogP contribution in [-0.2, 0) is 4.79 Å². The fourth-order valence-electron chi connectivity index (χ4n) is 1.82. The van der Waals surface area contributed by atoms with Gasteiger partial charge in [-0.3, -0.25) is 0 Å². The van der Waals surface area contributed by atoms with Gasteiger partial charge in [-0.2, -0.15) is 4.98 Å². The number of aliphatic carboxylic acids is 1. The minimum atomic E-state index is -1.37. The molecule has 2 rings (SSSR count). The highest BCUT2D eigenvalue weighted by atomic mass is 16.4. The van der Waals surface area contributed by atoms with E-state index >= 15 is 0 Å². The monoisotopic (exact) mass is 346 g/mol. The molecular formula is C15H18N6O4. The number of carbonyl (C=O) groups is 2. The van der Waals surface area contributed by atoms with Crippen LogP contribution in [0.5, 0.6) is 5.88 Å². The van der Waals surface area contributed by atoms with Crippen molar-refractivity contribution in [2.45, 2.75) is 6.17 Å². The van der Waals surface area contributed by atoms with Gasteiger partial charge in [0.2, 0.25) is 18.0 Å². The maximum Gasteiger partial charge on any atom is 0.347 e. The second-order valence-electron chi connectivity index (χ2n) is 5.18. The van der Waals surface area contributed by atoms with Crippen LogP contribution in [0, 0.1) is 0 Å². The predicted octanol–water partition coefficient (Wildman–Crippen LogP) is 0.892. The Morgan fingerprint density at radius 2 is 1.88 bits per heavy atom. The number of hydrogen-bond donors (Lipinski definition) is 5. The molecule has 132 valence electrons. The molecule has 1 heterocycles. The van der Waals surface area contributed by atoms with E-state index < -0.39 is 24.0 Å². The molecule has 0 unspecified atom stereocenters. The van der Waals surface area contributed by atoms with Crippen molar-refractivity contribution in [3.05, 3.63) is 36.5 Å². The number of carbonyl (C=O) groups excluding carboxylic acids is 1. The first-order valence-electron chi connectivity index (χ1n) is 7.22. The first kappa shape index (κ1) is 17.8. The highest BCUT2D eigenvalue weighted by molar-refractivity contribution is 5.93. The van der Waals surface area contributed by atoms with Gasteiger partial charge in [0.1, 0.15) is 5.69 Å². The van der Waals surface area contributed by atoms with E-state index in [0.717, 1.165) is 0 Å². The molecule has 10 nitrogen and oxygen atoms in total. The normalized spacial score (nSPS) is 11.3. The van der Waals surface area contributed by atoms with Gasteiger partial charge < -0.3 is 31.1 Å².